The molecule has 0 aromatic rings. The van der Waals surface area contributed by atoms with Gasteiger partial charge in [0.1, 0.15) is 0 Å². The first kappa shape index (κ1) is 11.0. The minimum Gasteiger partial charge on any atom is -0.294 e. The number of carbonyl (C=O) groups excluding carboxylic acids is 2. The first-order chi connectivity index (χ1) is 9.70. The van der Waals surface area contributed by atoms with Crippen molar-refractivity contribution in [3.05, 3.63) is 48.6 Å². The van der Waals surface area contributed by atoms with Gasteiger partial charge in [0.05, 0.1) is 0 Å². The molecule has 0 aliphatic heterocycles. The van der Waals surface area contributed by atoms with Crippen LogP contribution in [0.5, 0.6) is 0 Å². The van der Waals surface area contributed by atoms with E-state index in [1.54, 1.807) is 0 Å². The van der Waals surface area contributed by atoms with E-state index >= 15 is 0 Å². The van der Waals surface area contributed by atoms with E-state index in [1.165, 1.54) is 12.2 Å². The standard InChI is InChI=1S/C18H16O2/c19-13-5-6-14(20)16-12-4-3-11(15(13)16)17-7-1-2-8-18(12,17)10-9-17/h1-6,9-12,15-16H,7-8H2/t11-,12-,15-,16-,17-,18+/m1/s1. The number of ketones is 2. The van der Waals surface area contributed by atoms with Crippen molar-refractivity contribution in [2.24, 2.45) is 34.5 Å². The van der Waals surface area contributed by atoms with E-state index in [9.17, 15) is 9.59 Å². The third-order valence-electron chi connectivity index (χ3n) is 6.57. The fourth-order valence-electron chi connectivity index (χ4n) is 5.70. The van der Waals surface area contributed by atoms with Crippen molar-refractivity contribution in [2.45, 2.75) is 12.8 Å². The van der Waals surface area contributed by atoms with Crippen LogP contribution < -0.4 is 0 Å². The Bertz CT molecular complexity index is 611. The monoisotopic (exact) mass is 264 g/mol. The Balaban J connectivity index is 1.76. The van der Waals surface area contributed by atoms with Crippen LogP contribution in [-0.2, 0) is 9.59 Å². The number of rotatable bonds is 0. The number of hydrogen-bond donors (Lipinski definition) is 0. The fraction of sp³-hybridized carbons (Fsp3) is 0.444. The zero-order valence-electron chi connectivity index (χ0n) is 11.2. The second-order valence-corrected chi connectivity index (χ2v) is 6.92. The highest BCUT2D eigenvalue weighted by molar-refractivity contribution is 6.08. The lowest BCUT2D eigenvalue weighted by molar-refractivity contribution is -0.156. The summed E-state index contributed by atoms with van der Waals surface area (Å²) < 4.78 is 0. The van der Waals surface area contributed by atoms with Crippen LogP contribution in [0.3, 0.4) is 0 Å². The molecule has 2 bridgehead atoms. The summed E-state index contributed by atoms with van der Waals surface area (Å²) in [6.07, 6.45) is 18.7. The lowest BCUT2D eigenvalue weighted by Gasteiger charge is -2.70. The molecule has 6 atom stereocenters. The molecule has 0 unspecified atom stereocenters. The lowest BCUT2D eigenvalue weighted by atomic mass is 9.32. The van der Waals surface area contributed by atoms with Gasteiger partial charge < -0.3 is 0 Å². The van der Waals surface area contributed by atoms with Crippen LogP contribution in [0.15, 0.2) is 48.6 Å². The molecule has 1 fully saturated rings. The average Bonchev–Trinajstić information content (AvgIpc) is 2.45. The van der Waals surface area contributed by atoms with E-state index in [1.807, 2.05) is 0 Å². The molecular weight excluding hydrogens is 248 g/mol. The molecule has 0 radical (unpaired) electrons. The first-order valence-corrected chi connectivity index (χ1v) is 7.49. The molecule has 0 N–H and O–H groups in total. The van der Waals surface area contributed by atoms with Crippen molar-refractivity contribution >= 4 is 11.6 Å². The molecule has 6 rings (SSSR count). The molecule has 0 heterocycles. The number of hydrogen-bond acceptors (Lipinski definition) is 2. The maximum Gasteiger partial charge on any atom is 0.160 e. The van der Waals surface area contributed by atoms with Gasteiger partial charge >= 0.3 is 0 Å². The van der Waals surface area contributed by atoms with Gasteiger partial charge in [0.2, 0.25) is 0 Å². The summed E-state index contributed by atoms with van der Waals surface area (Å²) in [4.78, 5) is 24.8. The van der Waals surface area contributed by atoms with Gasteiger partial charge in [0.15, 0.2) is 11.6 Å². The quantitative estimate of drug-likeness (QED) is 0.630. The van der Waals surface area contributed by atoms with E-state index in [0.29, 0.717) is 0 Å². The Labute approximate surface area is 117 Å². The minimum atomic E-state index is -0.118. The molecule has 0 spiro atoms. The van der Waals surface area contributed by atoms with E-state index < -0.39 is 0 Å². The van der Waals surface area contributed by atoms with Gasteiger partial charge in [-0.2, -0.15) is 0 Å². The van der Waals surface area contributed by atoms with Crippen LogP contribution in [0.2, 0.25) is 0 Å². The van der Waals surface area contributed by atoms with Crippen LogP contribution in [0.4, 0.5) is 0 Å². The van der Waals surface area contributed by atoms with Crippen molar-refractivity contribution < 1.29 is 9.59 Å². The van der Waals surface area contributed by atoms with Gasteiger partial charge in [-0.15, -0.1) is 0 Å². The maximum atomic E-state index is 12.4. The van der Waals surface area contributed by atoms with Crippen LogP contribution in [-0.4, -0.2) is 11.6 Å². The Morgan fingerprint density at radius 2 is 1.25 bits per heavy atom. The predicted octanol–water partition coefficient (Wildman–Crippen LogP) is 2.64. The highest BCUT2D eigenvalue weighted by Gasteiger charge is 2.71. The zero-order valence-corrected chi connectivity index (χ0v) is 11.2. The summed E-state index contributed by atoms with van der Waals surface area (Å²) in [7, 11) is 0. The molecule has 0 aromatic heterocycles. The van der Waals surface area contributed by atoms with Crippen molar-refractivity contribution in [2.75, 3.05) is 0 Å². The third kappa shape index (κ3) is 0.895. The molecule has 0 saturated heterocycles. The van der Waals surface area contributed by atoms with Crippen molar-refractivity contribution in [1.82, 2.24) is 0 Å². The Kier molecular flexibility index (Phi) is 1.73. The predicted molar refractivity (Wildman–Crippen MR) is 74.6 cm³/mol. The van der Waals surface area contributed by atoms with Gasteiger partial charge in [-0.25, -0.2) is 0 Å². The third-order valence-corrected chi connectivity index (χ3v) is 6.57. The van der Waals surface area contributed by atoms with E-state index in [4.69, 9.17) is 0 Å². The van der Waals surface area contributed by atoms with Gasteiger partial charge in [-0.05, 0) is 36.8 Å². The smallest absolute Gasteiger partial charge is 0.160 e. The second-order valence-electron chi connectivity index (χ2n) is 6.92. The normalized spacial score (nSPS) is 53.4. The van der Waals surface area contributed by atoms with E-state index in [2.05, 4.69) is 36.5 Å². The van der Waals surface area contributed by atoms with Crippen LogP contribution in [0.25, 0.3) is 0 Å². The van der Waals surface area contributed by atoms with E-state index in [0.717, 1.165) is 12.8 Å². The van der Waals surface area contributed by atoms with Crippen LogP contribution in [0.1, 0.15) is 12.8 Å². The molecule has 1 saturated carbocycles. The molecule has 100 valence electrons. The maximum absolute atomic E-state index is 12.4. The largest absolute Gasteiger partial charge is 0.294 e. The molecule has 0 amide bonds. The average molecular weight is 264 g/mol. The van der Waals surface area contributed by atoms with Gasteiger partial charge in [-0.1, -0.05) is 36.5 Å². The van der Waals surface area contributed by atoms with E-state index in [-0.39, 0.29) is 46.1 Å². The summed E-state index contributed by atoms with van der Waals surface area (Å²) in [5.74, 6) is 0.486. The Morgan fingerprint density at radius 1 is 0.800 bits per heavy atom. The van der Waals surface area contributed by atoms with Crippen molar-refractivity contribution in [3.63, 3.8) is 0 Å². The summed E-state index contributed by atoms with van der Waals surface area (Å²) in [6, 6.07) is 0. The molecule has 6 aliphatic carbocycles. The summed E-state index contributed by atoms with van der Waals surface area (Å²) >= 11 is 0. The highest BCUT2D eigenvalue weighted by Crippen LogP contribution is 2.74. The van der Waals surface area contributed by atoms with Crippen molar-refractivity contribution in [1.29, 1.82) is 0 Å². The number of allylic oxidation sites excluding steroid dienone is 8. The van der Waals surface area contributed by atoms with Crippen LogP contribution in [0, 0.1) is 34.5 Å². The Morgan fingerprint density at radius 3 is 1.65 bits per heavy atom. The molecule has 0 aromatic carbocycles. The summed E-state index contributed by atoms with van der Waals surface area (Å²) in [5.41, 5.74) is 0.201. The Hall–Kier alpha value is -1.70. The summed E-state index contributed by atoms with van der Waals surface area (Å²) in [6.45, 7) is 0. The molecule has 6 aliphatic rings. The van der Waals surface area contributed by atoms with Gasteiger partial charge in [0, 0.05) is 22.7 Å². The zero-order chi connectivity index (χ0) is 13.5. The first-order valence-electron chi connectivity index (χ1n) is 7.49. The molecule has 20 heavy (non-hydrogen) atoms. The summed E-state index contributed by atoms with van der Waals surface area (Å²) in [5, 5.41) is 0. The fourth-order valence-corrected chi connectivity index (χ4v) is 5.70. The molecule has 2 nitrogen and oxygen atoms in total. The lowest BCUT2D eigenvalue weighted by Crippen LogP contribution is -2.67. The minimum absolute atomic E-state index is 0.101. The molecular formula is C18H16O2. The van der Waals surface area contributed by atoms with Gasteiger partial charge in [-0.3, -0.25) is 9.59 Å². The van der Waals surface area contributed by atoms with Gasteiger partial charge in [0.25, 0.3) is 0 Å². The second kappa shape index (κ2) is 3.13. The highest BCUT2D eigenvalue weighted by atomic mass is 16.1. The van der Waals surface area contributed by atoms with Crippen LogP contribution >= 0.6 is 0 Å². The SMILES string of the molecule is O=C1C=CC(=O)[C@@H]2[C@@H]1[C@H]1C=C[C@H]2[C@]23C=C[C@]12CC=CC3. The topological polar surface area (TPSA) is 34.1 Å². The van der Waals surface area contributed by atoms with Crippen molar-refractivity contribution in [3.8, 4) is 0 Å². The molecule has 2 heteroatoms. The number of carbonyl (C=O) groups is 2.